The molecular formula is C24H20F3N4OS+. The molecule has 0 saturated heterocycles. The van der Waals surface area contributed by atoms with Crippen molar-refractivity contribution in [2.75, 3.05) is 11.9 Å². The van der Waals surface area contributed by atoms with Crippen molar-refractivity contribution < 1.29 is 22.9 Å². The fraction of sp³-hybridized carbons (Fsp3) is 0.208. The van der Waals surface area contributed by atoms with Crippen molar-refractivity contribution in [2.24, 2.45) is 0 Å². The monoisotopic (exact) mass is 469 g/mol. The molecule has 1 unspecified atom stereocenters. The summed E-state index contributed by atoms with van der Waals surface area (Å²) >= 11 is 1.34. The minimum absolute atomic E-state index is 0.240. The minimum atomic E-state index is -4.59. The van der Waals surface area contributed by atoms with Gasteiger partial charge >= 0.3 is 6.18 Å². The first kappa shape index (κ1) is 22.7. The summed E-state index contributed by atoms with van der Waals surface area (Å²) in [5.41, 5.74) is 0.595. The Hall–Kier alpha value is -3.48. The Morgan fingerprint density at radius 3 is 2.64 bits per heavy atom. The molecule has 33 heavy (non-hydrogen) atoms. The van der Waals surface area contributed by atoms with Gasteiger partial charge in [0.15, 0.2) is 5.13 Å². The maximum Gasteiger partial charge on any atom is 0.416 e. The zero-order valence-electron chi connectivity index (χ0n) is 17.4. The van der Waals surface area contributed by atoms with Gasteiger partial charge in [-0.1, -0.05) is 59.9 Å². The van der Waals surface area contributed by atoms with E-state index >= 15 is 0 Å². The molecule has 1 atom stereocenters. The van der Waals surface area contributed by atoms with Gasteiger partial charge < -0.3 is 4.90 Å². The lowest BCUT2D eigenvalue weighted by molar-refractivity contribution is -0.929. The summed E-state index contributed by atoms with van der Waals surface area (Å²) in [6, 6.07) is 16.7. The number of alkyl halides is 3. The van der Waals surface area contributed by atoms with Crippen LogP contribution in [0.1, 0.15) is 27.3 Å². The van der Waals surface area contributed by atoms with E-state index in [1.807, 2.05) is 18.2 Å². The van der Waals surface area contributed by atoms with E-state index in [2.05, 4.69) is 22.4 Å². The van der Waals surface area contributed by atoms with Gasteiger partial charge in [0, 0.05) is 12.0 Å². The number of aromatic nitrogens is 1. The highest BCUT2D eigenvalue weighted by atomic mass is 32.1. The lowest BCUT2D eigenvalue weighted by Crippen LogP contribution is -3.10. The largest absolute Gasteiger partial charge is 0.416 e. The molecular weight excluding hydrogens is 449 g/mol. The number of nitrogens with one attached hydrogen (secondary N) is 2. The third-order valence-corrected chi connectivity index (χ3v) is 6.37. The Morgan fingerprint density at radius 1 is 1.18 bits per heavy atom. The summed E-state index contributed by atoms with van der Waals surface area (Å²) in [6.45, 7) is 2.58. The number of nitrogens with zero attached hydrogens (tertiary/aromatic N) is 2. The molecule has 0 radical (unpaired) electrons. The Bertz CT molecular complexity index is 1230. The predicted octanol–water partition coefficient (Wildman–Crippen LogP) is 3.85. The molecule has 0 fully saturated rings. The second kappa shape index (κ2) is 9.57. The number of hydrogen-bond donors (Lipinski definition) is 2. The molecule has 1 amide bonds. The SMILES string of the molecule is N#C/C(=C\c1ccccc1C(F)(F)F)C(=O)Nc1nc2c(s1)C[NH+](Cc1ccccc1)CC2. The summed E-state index contributed by atoms with van der Waals surface area (Å²) in [7, 11) is 0. The standard InChI is InChI=1S/C24H19F3N4OS/c25-24(26,27)19-9-5-4-8-17(19)12-18(13-28)22(32)30-23-29-20-10-11-31(15-21(20)33-23)14-16-6-2-1-3-7-16/h1-9,12H,10-11,14-15H2,(H,29,30,32)/p+1/b18-12+. The average molecular weight is 470 g/mol. The number of carbonyl (C=O) groups excluding carboxylic acids is 1. The van der Waals surface area contributed by atoms with Crippen LogP contribution in [0.4, 0.5) is 18.3 Å². The molecule has 2 heterocycles. The zero-order chi connectivity index (χ0) is 23.4. The number of nitriles is 1. The van der Waals surface area contributed by atoms with Crippen molar-refractivity contribution in [3.63, 3.8) is 0 Å². The van der Waals surface area contributed by atoms with E-state index in [1.165, 1.54) is 40.0 Å². The molecule has 2 aromatic carbocycles. The predicted molar refractivity (Wildman–Crippen MR) is 119 cm³/mol. The van der Waals surface area contributed by atoms with Crippen molar-refractivity contribution in [1.82, 2.24) is 4.98 Å². The van der Waals surface area contributed by atoms with Crippen molar-refractivity contribution in [3.05, 3.63) is 87.4 Å². The van der Waals surface area contributed by atoms with E-state index in [9.17, 15) is 23.2 Å². The van der Waals surface area contributed by atoms with E-state index in [0.29, 0.717) is 5.13 Å². The van der Waals surface area contributed by atoms with Gasteiger partial charge in [0.1, 0.15) is 24.7 Å². The number of halogens is 3. The van der Waals surface area contributed by atoms with Gasteiger partial charge in [-0.15, -0.1) is 0 Å². The van der Waals surface area contributed by atoms with Gasteiger partial charge in [-0.2, -0.15) is 18.4 Å². The molecule has 5 nitrogen and oxygen atoms in total. The summed E-state index contributed by atoms with van der Waals surface area (Å²) in [4.78, 5) is 19.5. The lowest BCUT2D eigenvalue weighted by Gasteiger charge is -2.22. The van der Waals surface area contributed by atoms with Crippen molar-refractivity contribution in [2.45, 2.75) is 25.7 Å². The molecule has 1 aromatic heterocycles. The molecule has 0 bridgehead atoms. The van der Waals surface area contributed by atoms with Crippen LogP contribution < -0.4 is 10.2 Å². The number of anilines is 1. The van der Waals surface area contributed by atoms with Crippen molar-refractivity contribution in [3.8, 4) is 6.07 Å². The third-order valence-electron chi connectivity index (χ3n) is 5.35. The number of thiazole rings is 1. The molecule has 0 spiro atoms. The fourth-order valence-electron chi connectivity index (χ4n) is 3.77. The number of fused-ring (bicyclic) bond motifs is 1. The van der Waals surface area contributed by atoms with Crippen LogP contribution in [0.3, 0.4) is 0 Å². The van der Waals surface area contributed by atoms with Gasteiger partial charge in [0.25, 0.3) is 5.91 Å². The summed E-state index contributed by atoms with van der Waals surface area (Å²) in [6.07, 6.45) is -2.87. The Kier molecular flexibility index (Phi) is 6.58. The Morgan fingerprint density at radius 2 is 1.91 bits per heavy atom. The maximum absolute atomic E-state index is 13.2. The number of rotatable bonds is 5. The van der Waals surface area contributed by atoms with Crippen LogP contribution in [0.2, 0.25) is 0 Å². The molecule has 0 saturated carbocycles. The van der Waals surface area contributed by atoms with E-state index in [4.69, 9.17) is 0 Å². The normalized spacial score (nSPS) is 16.1. The van der Waals surface area contributed by atoms with E-state index in [1.54, 1.807) is 6.07 Å². The number of quaternary nitrogens is 1. The molecule has 3 aromatic rings. The molecule has 9 heteroatoms. The highest BCUT2D eigenvalue weighted by molar-refractivity contribution is 7.15. The molecule has 4 rings (SSSR count). The molecule has 168 valence electrons. The highest BCUT2D eigenvalue weighted by Gasteiger charge is 2.33. The summed E-state index contributed by atoms with van der Waals surface area (Å²) in [5, 5.41) is 12.3. The third kappa shape index (κ3) is 5.48. The molecule has 1 aliphatic heterocycles. The van der Waals surface area contributed by atoms with Gasteiger partial charge in [-0.05, 0) is 17.7 Å². The zero-order valence-corrected chi connectivity index (χ0v) is 18.3. The molecule has 0 aliphatic carbocycles. The number of carbonyl (C=O) groups is 1. The second-order valence-electron chi connectivity index (χ2n) is 7.69. The van der Waals surface area contributed by atoms with Gasteiger partial charge in [0.2, 0.25) is 0 Å². The van der Waals surface area contributed by atoms with E-state index < -0.39 is 23.2 Å². The minimum Gasteiger partial charge on any atom is -0.326 e. The highest BCUT2D eigenvalue weighted by Crippen LogP contribution is 2.33. The number of amides is 1. The van der Waals surface area contributed by atoms with Crippen LogP contribution in [0.5, 0.6) is 0 Å². The molecule has 2 N–H and O–H groups in total. The summed E-state index contributed by atoms with van der Waals surface area (Å²) in [5.74, 6) is -0.783. The maximum atomic E-state index is 13.2. The van der Waals surface area contributed by atoms with Crippen molar-refractivity contribution in [1.29, 1.82) is 5.26 Å². The van der Waals surface area contributed by atoms with E-state index in [-0.39, 0.29) is 5.56 Å². The Balaban J connectivity index is 1.47. The van der Waals surface area contributed by atoms with E-state index in [0.717, 1.165) is 48.8 Å². The van der Waals surface area contributed by atoms with Gasteiger partial charge in [0.05, 0.1) is 22.7 Å². The first-order chi connectivity index (χ1) is 15.8. The quantitative estimate of drug-likeness (QED) is 0.441. The number of hydrogen-bond acceptors (Lipinski definition) is 4. The average Bonchev–Trinajstić information content (AvgIpc) is 3.19. The van der Waals surface area contributed by atoms with Crippen LogP contribution in [-0.2, 0) is 30.5 Å². The van der Waals surface area contributed by atoms with Crippen LogP contribution in [0, 0.1) is 11.3 Å². The van der Waals surface area contributed by atoms with Crippen LogP contribution in [0.25, 0.3) is 6.08 Å². The van der Waals surface area contributed by atoms with Crippen LogP contribution in [0.15, 0.2) is 60.2 Å². The van der Waals surface area contributed by atoms with Crippen molar-refractivity contribution >= 4 is 28.5 Å². The second-order valence-corrected chi connectivity index (χ2v) is 8.77. The molecule has 1 aliphatic rings. The summed E-state index contributed by atoms with van der Waals surface area (Å²) < 4.78 is 39.7. The first-order valence-electron chi connectivity index (χ1n) is 10.3. The van der Waals surface area contributed by atoms with Crippen LogP contribution in [-0.4, -0.2) is 17.4 Å². The Labute approximate surface area is 192 Å². The van der Waals surface area contributed by atoms with Gasteiger partial charge in [-0.3, -0.25) is 10.1 Å². The first-order valence-corrected chi connectivity index (χ1v) is 11.1. The smallest absolute Gasteiger partial charge is 0.326 e. The topological polar surface area (TPSA) is 70.2 Å². The van der Waals surface area contributed by atoms with Gasteiger partial charge in [-0.25, -0.2) is 4.98 Å². The fourth-order valence-corrected chi connectivity index (χ4v) is 4.84. The number of benzene rings is 2. The van der Waals surface area contributed by atoms with Crippen LogP contribution >= 0.6 is 11.3 Å². The lowest BCUT2D eigenvalue weighted by atomic mass is 10.0.